The predicted molar refractivity (Wildman–Crippen MR) is 100 cm³/mol. The van der Waals surface area contributed by atoms with Gasteiger partial charge in [-0.25, -0.2) is 9.80 Å². The first-order valence-corrected chi connectivity index (χ1v) is 10.1. The Bertz CT molecular complexity index is 847. The highest BCUT2D eigenvalue weighted by atomic mass is 19.4. The zero-order valence-corrected chi connectivity index (χ0v) is 17.3. The molecular formula is C22H24F6N2. The molecule has 0 aromatic carbocycles. The summed E-state index contributed by atoms with van der Waals surface area (Å²) in [5, 5.41) is 0. The van der Waals surface area contributed by atoms with E-state index in [0.29, 0.717) is 9.80 Å². The van der Waals surface area contributed by atoms with E-state index in [2.05, 4.69) is 0 Å². The summed E-state index contributed by atoms with van der Waals surface area (Å²) >= 11 is 0. The minimum atomic E-state index is -4.47. The van der Waals surface area contributed by atoms with Crippen molar-refractivity contribution in [1.82, 2.24) is 9.80 Å². The molecule has 0 bridgehead atoms. The van der Waals surface area contributed by atoms with Crippen LogP contribution in [0.2, 0.25) is 0 Å². The summed E-state index contributed by atoms with van der Waals surface area (Å²) in [6.45, 7) is 6.44. The zero-order valence-electron chi connectivity index (χ0n) is 17.3. The van der Waals surface area contributed by atoms with E-state index in [1.807, 2.05) is 27.7 Å². The molecule has 0 aromatic rings. The van der Waals surface area contributed by atoms with Crippen molar-refractivity contribution in [3.8, 4) is 0 Å². The number of rotatable bonds is 0. The van der Waals surface area contributed by atoms with Crippen LogP contribution in [0.5, 0.6) is 0 Å². The molecule has 2 nitrogen and oxygen atoms in total. The van der Waals surface area contributed by atoms with Crippen LogP contribution in [0.15, 0.2) is 46.6 Å². The van der Waals surface area contributed by atoms with Gasteiger partial charge in [0.1, 0.15) is 0 Å². The molecule has 0 atom stereocenters. The number of nitrogens with zero attached hydrogens (tertiary/aromatic N) is 2. The standard InChI is InChI=1S/C22H24F6N2/c1-13-14(2)20-12-30(22(26,27)28)10-18(20)7-5-17(6-8-18)9-29(21(23,24)25)11-19(13,17)15(3)16(20)4/h5-8H,9-12H2,1-4H3. The Morgan fingerprint density at radius 3 is 1.07 bits per heavy atom. The minimum absolute atomic E-state index is 0.219. The first-order chi connectivity index (χ1) is 13.7. The van der Waals surface area contributed by atoms with E-state index in [1.54, 1.807) is 24.3 Å². The van der Waals surface area contributed by atoms with Gasteiger partial charge in [-0.15, -0.1) is 0 Å². The number of halogens is 6. The van der Waals surface area contributed by atoms with E-state index in [9.17, 15) is 26.3 Å². The maximum absolute atomic E-state index is 13.8. The number of alkyl halides is 6. The molecule has 0 aromatic heterocycles. The molecule has 4 spiro atoms. The fourth-order valence-electron chi connectivity index (χ4n) is 7.44. The van der Waals surface area contributed by atoms with Crippen molar-refractivity contribution in [3.63, 3.8) is 0 Å². The number of hydrogen-bond acceptors (Lipinski definition) is 2. The lowest BCUT2D eigenvalue weighted by Crippen LogP contribution is -2.55. The summed E-state index contributed by atoms with van der Waals surface area (Å²) in [7, 11) is 0. The molecule has 4 rings (SSSR count). The summed E-state index contributed by atoms with van der Waals surface area (Å²) in [5.74, 6) is 0. The van der Waals surface area contributed by atoms with Gasteiger partial charge in [0, 0.05) is 47.8 Å². The summed E-state index contributed by atoms with van der Waals surface area (Å²) in [5.41, 5.74) is -0.510. The van der Waals surface area contributed by atoms with Crippen molar-refractivity contribution in [2.45, 2.75) is 40.3 Å². The Hall–Kier alpha value is -1.54. The van der Waals surface area contributed by atoms with Crippen LogP contribution in [0.4, 0.5) is 26.3 Å². The predicted octanol–water partition coefficient (Wildman–Crippen LogP) is 5.43. The SMILES string of the molecule is CC1=C(C)C23CN(C(F)(F)F)CC24C=CC2(C=C4)CN(C(F)(F)F)CC12C(C)=C3C. The van der Waals surface area contributed by atoms with Gasteiger partial charge in [-0.3, -0.25) is 0 Å². The van der Waals surface area contributed by atoms with Crippen molar-refractivity contribution >= 4 is 0 Å². The molecule has 0 unspecified atom stereocenters. The van der Waals surface area contributed by atoms with Crippen molar-refractivity contribution in [1.29, 1.82) is 0 Å². The second kappa shape index (κ2) is 5.26. The van der Waals surface area contributed by atoms with Crippen molar-refractivity contribution in [3.05, 3.63) is 46.6 Å². The summed E-state index contributed by atoms with van der Waals surface area (Å²) in [4.78, 5) is 1.13. The first-order valence-electron chi connectivity index (χ1n) is 10.1. The molecule has 164 valence electrons. The molecule has 0 amide bonds. The number of likely N-dealkylation sites (tertiary alicyclic amines) is 2. The van der Waals surface area contributed by atoms with Gasteiger partial charge >= 0.3 is 12.6 Å². The minimum Gasteiger partial charge on any atom is -0.212 e. The van der Waals surface area contributed by atoms with Crippen LogP contribution in [-0.2, 0) is 0 Å². The molecule has 2 aliphatic heterocycles. The first kappa shape index (κ1) is 20.4. The molecule has 8 heteroatoms. The fourth-order valence-corrected chi connectivity index (χ4v) is 7.44. The summed E-state index contributed by atoms with van der Waals surface area (Å²) < 4.78 is 82.9. The normalized spacial score (nSPS) is 43.5. The third-order valence-electron chi connectivity index (χ3n) is 9.11. The van der Waals surface area contributed by atoms with Gasteiger partial charge in [-0.2, -0.15) is 26.3 Å². The lowest BCUT2D eigenvalue weighted by molar-refractivity contribution is -0.242. The third kappa shape index (κ3) is 1.92. The average molecular weight is 430 g/mol. The number of fused-ring (bicyclic) bond motifs is 2. The second-order valence-corrected chi connectivity index (χ2v) is 9.71. The highest BCUT2D eigenvalue weighted by molar-refractivity contribution is 5.61. The molecule has 30 heavy (non-hydrogen) atoms. The molecule has 2 heterocycles. The van der Waals surface area contributed by atoms with Gasteiger partial charge in [0.2, 0.25) is 0 Å². The van der Waals surface area contributed by atoms with E-state index in [0.717, 1.165) is 22.3 Å². The average Bonchev–Trinajstić information content (AvgIpc) is 3.14. The monoisotopic (exact) mass is 430 g/mol. The van der Waals surface area contributed by atoms with Crippen molar-refractivity contribution in [2.75, 3.05) is 26.2 Å². The Kier molecular flexibility index (Phi) is 3.57. The molecule has 4 aliphatic rings. The molecule has 0 N–H and O–H groups in total. The maximum Gasteiger partial charge on any atom is 0.459 e. The largest absolute Gasteiger partial charge is 0.459 e. The van der Waals surface area contributed by atoms with Gasteiger partial charge in [0.05, 0.1) is 0 Å². The van der Waals surface area contributed by atoms with Crippen LogP contribution in [0, 0.1) is 21.7 Å². The highest BCUT2D eigenvalue weighted by Gasteiger charge is 2.72. The Morgan fingerprint density at radius 1 is 0.567 bits per heavy atom. The van der Waals surface area contributed by atoms with Gasteiger partial charge < -0.3 is 0 Å². The van der Waals surface area contributed by atoms with Crippen LogP contribution in [0.3, 0.4) is 0 Å². The Morgan fingerprint density at radius 2 is 0.833 bits per heavy atom. The topological polar surface area (TPSA) is 6.48 Å². The van der Waals surface area contributed by atoms with Gasteiger partial charge in [0.25, 0.3) is 0 Å². The highest BCUT2D eigenvalue weighted by Crippen LogP contribution is 2.73. The maximum atomic E-state index is 13.8. The van der Waals surface area contributed by atoms with Crippen molar-refractivity contribution in [2.24, 2.45) is 21.7 Å². The van der Waals surface area contributed by atoms with E-state index in [-0.39, 0.29) is 26.2 Å². The number of hydrogen-bond donors (Lipinski definition) is 0. The molecular weight excluding hydrogens is 406 g/mol. The van der Waals surface area contributed by atoms with Crippen molar-refractivity contribution < 1.29 is 26.3 Å². The van der Waals surface area contributed by atoms with Gasteiger partial charge in [0.15, 0.2) is 0 Å². The molecule has 0 saturated carbocycles. The quantitative estimate of drug-likeness (QED) is 0.287. The van der Waals surface area contributed by atoms with Crippen LogP contribution in [-0.4, -0.2) is 48.6 Å². The van der Waals surface area contributed by atoms with Crippen LogP contribution >= 0.6 is 0 Å². The van der Waals surface area contributed by atoms with E-state index < -0.39 is 34.3 Å². The summed E-state index contributed by atoms with van der Waals surface area (Å²) in [6, 6.07) is 0. The fraction of sp³-hybridized carbons (Fsp3) is 0.636. The molecule has 2 saturated heterocycles. The lowest BCUT2D eigenvalue weighted by atomic mass is 9.42. The zero-order chi connectivity index (χ0) is 22.1. The van der Waals surface area contributed by atoms with Gasteiger partial charge in [-0.05, 0) is 27.7 Å². The molecule has 2 aliphatic carbocycles. The van der Waals surface area contributed by atoms with Crippen LogP contribution < -0.4 is 0 Å². The van der Waals surface area contributed by atoms with Crippen LogP contribution in [0.25, 0.3) is 0 Å². The smallest absolute Gasteiger partial charge is 0.212 e. The Balaban J connectivity index is 1.82. The van der Waals surface area contributed by atoms with E-state index in [4.69, 9.17) is 0 Å². The van der Waals surface area contributed by atoms with E-state index >= 15 is 0 Å². The second-order valence-electron chi connectivity index (χ2n) is 9.71. The Labute approximate surface area is 171 Å². The third-order valence-corrected chi connectivity index (χ3v) is 9.11. The van der Waals surface area contributed by atoms with Gasteiger partial charge in [-0.1, -0.05) is 46.6 Å². The van der Waals surface area contributed by atoms with Crippen LogP contribution in [0.1, 0.15) is 27.7 Å². The molecule has 2 fully saturated rings. The molecule has 0 radical (unpaired) electrons. The van der Waals surface area contributed by atoms with E-state index in [1.165, 1.54) is 0 Å². The summed E-state index contributed by atoms with van der Waals surface area (Å²) in [6.07, 6.45) is -1.78. The lowest BCUT2D eigenvalue weighted by Gasteiger charge is -2.60.